The van der Waals surface area contributed by atoms with Crippen molar-refractivity contribution in [1.29, 1.82) is 0 Å². The van der Waals surface area contributed by atoms with Crippen molar-refractivity contribution in [2.24, 2.45) is 0 Å². The highest BCUT2D eigenvalue weighted by Crippen LogP contribution is 2.30. The molecule has 8 nitrogen and oxygen atoms in total. The van der Waals surface area contributed by atoms with Crippen LogP contribution in [0.1, 0.15) is 20.3 Å². The summed E-state index contributed by atoms with van der Waals surface area (Å²) in [7, 11) is 0. The van der Waals surface area contributed by atoms with Gasteiger partial charge in [-0.25, -0.2) is 4.98 Å². The lowest BCUT2D eigenvalue weighted by Crippen LogP contribution is -2.15. The van der Waals surface area contributed by atoms with Crippen LogP contribution in [0.25, 0.3) is 5.95 Å². The molecule has 21 heavy (non-hydrogen) atoms. The van der Waals surface area contributed by atoms with E-state index in [2.05, 4.69) is 37.3 Å². The Kier molecular flexibility index (Phi) is 4.30. The van der Waals surface area contributed by atoms with E-state index in [0.29, 0.717) is 22.3 Å². The molecule has 0 aliphatic carbocycles. The first-order valence-corrected chi connectivity index (χ1v) is 7.77. The van der Waals surface area contributed by atoms with Crippen molar-refractivity contribution in [1.82, 2.24) is 29.7 Å². The zero-order chi connectivity index (χ0) is 14.7. The minimum Gasteiger partial charge on any atom is -0.377 e. The highest BCUT2D eigenvalue weighted by molar-refractivity contribution is 7.99. The van der Waals surface area contributed by atoms with Gasteiger partial charge in [-0.3, -0.25) is 0 Å². The molecule has 0 bridgehead atoms. The fourth-order valence-electron chi connectivity index (χ4n) is 2.05. The summed E-state index contributed by atoms with van der Waals surface area (Å²) in [6, 6.07) is 0. The van der Waals surface area contributed by atoms with E-state index >= 15 is 0 Å². The second-order valence-electron chi connectivity index (χ2n) is 4.63. The van der Waals surface area contributed by atoms with Crippen molar-refractivity contribution >= 4 is 17.7 Å². The first-order chi connectivity index (χ1) is 10.3. The number of hydrogen-bond donors (Lipinski definition) is 1. The van der Waals surface area contributed by atoms with Gasteiger partial charge in [-0.15, -0.1) is 0 Å². The van der Waals surface area contributed by atoms with Crippen LogP contribution in [0.5, 0.6) is 0 Å². The van der Waals surface area contributed by atoms with Crippen LogP contribution in [0.4, 0.5) is 5.95 Å². The average Bonchev–Trinajstić information content (AvgIpc) is 3.12. The minimum absolute atomic E-state index is 0.212. The molecule has 9 heteroatoms. The Balaban J connectivity index is 1.88. The molecule has 1 aliphatic heterocycles. The van der Waals surface area contributed by atoms with Crippen LogP contribution >= 0.6 is 11.8 Å². The Morgan fingerprint density at radius 1 is 1.43 bits per heavy atom. The van der Waals surface area contributed by atoms with Gasteiger partial charge in [-0.2, -0.15) is 24.7 Å². The number of rotatable bonds is 5. The first-order valence-electron chi connectivity index (χ1n) is 6.89. The van der Waals surface area contributed by atoms with E-state index in [9.17, 15) is 0 Å². The molecule has 0 saturated carbocycles. The number of aromatic nitrogens is 6. The second-order valence-corrected chi connectivity index (χ2v) is 5.84. The Hall–Kier alpha value is -1.74. The van der Waals surface area contributed by atoms with E-state index < -0.39 is 0 Å². The molecule has 1 aliphatic rings. The molecule has 2 aromatic rings. The summed E-state index contributed by atoms with van der Waals surface area (Å²) in [5.74, 6) is 1.01. The van der Waals surface area contributed by atoms with Gasteiger partial charge in [0.1, 0.15) is 12.7 Å². The third-order valence-corrected chi connectivity index (χ3v) is 4.44. The summed E-state index contributed by atoms with van der Waals surface area (Å²) < 4.78 is 7.11. The summed E-state index contributed by atoms with van der Waals surface area (Å²) >= 11 is 1.62. The highest BCUT2D eigenvalue weighted by atomic mass is 32.2. The Morgan fingerprint density at radius 2 is 2.33 bits per heavy atom. The predicted octanol–water partition coefficient (Wildman–Crippen LogP) is 1.15. The molecule has 2 atom stereocenters. The molecule has 1 fully saturated rings. The Morgan fingerprint density at radius 3 is 3.00 bits per heavy atom. The SMILES string of the molecule is CCNc1nc(SC2CCOC2C)nc(-n2cncn2)n1. The van der Waals surface area contributed by atoms with Gasteiger partial charge in [0.15, 0.2) is 5.16 Å². The van der Waals surface area contributed by atoms with Crippen LogP contribution in [0.3, 0.4) is 0 Å². The number of hydrogen-bond acceptors (Lipinski definition) is 8. The quantitative estimate of drug-likeness (QED) is 0.880. The largest absolute Gasteiger partial charge is 0.377 e. The smallest absolute Gasteiger partial charge is 0.257 e. The molecule has 1 N–H and O–H groups in total. The van der Waals surface area contributed by atoms with Crippen molar-refractivity contribution in [3.05, 3.63) is 12.7 Å². The maximum absolute atomic E-state index is 5.58. The number of nitrogens with one attached hydrogen (secondary N) is 1. The number of thioether (sulfide) groups is 1. The van der Waals surface area contributed by atoms with Crippen molar-refractivity contribution in [2.45, 2.75) is 36.8 Å². The van der Waals surface area contributed by atoms with Gasteiger partial charge in [0, 0.05) is 18.4 Å². The van der Waals surface area contributed by atoms with Crippen LogP contribution in [-0.2, 0) is 4.74 Å². The molecule has 2 unspecified atom stereocenters. The fraction of sp³-hybridized carbons (Fsp3) is 0.583. The molecule has 3 rings (SSSR count). The lowest BCUT2D eigenvalue weighted by atomic mass is 10.3. The minimum atomic E-state index is 0.212. The molecule has 1 saturated heterocycles. The van der Waals surface area contributed by atoms with E-state index in [1.54, 1.807) is 18.1 Å². The van der Waals surface area contributed by atoms with E-state index in [1.165, 1.54) is 11.0 Å². The van der Waals surface area contributed by atoms with Gasteiger partial charge >= 0.3 is 0 Å². The van der Waals surface area contributed by atoms with E-state index in [1.807, 2.05) is 6.92 Å². The van der Waals surface area contributed by atoms with Crippen molar-refractivity contribution in [2.75, 3.05) is 18.5 Å². The lowest BCUT2D eigenvalue weighted by molar-refractivity contribution is 0.127. The maximum atomic E-state index is 5.58. The topological polar surface area (TPSA) is 90.6 Å². The zero-order valence-corrected chi connectivity index (χ0v) is 12.7. The molecule has 0 spiro atoms. The monoisotopic (exact) mass is 307 g/mol. The molecule has 0 radical (unpaired) electrons. The van der Waals surface area contributed by atoms with E-state index in [-0.39, 0.29) is 6.10 Å². The standard InChI is InChI=1S/C12H17N7OS/c1-3-14-10-16-11(19-7-13-6-15-19)18-12(17-10)21-9-4-5-20-8(9)2/h6-9H,3-5H2,1-2H3,(H,14,16,17,18). The third-order valence-electron chi connectivity index (χ3n) is 3.13. The summed E-state index contributed by atoms with van der Waals surface area (Å²) in [5.41, 5.74) is 0. The fourth-order valence-corrected chi connectivity index (χ4v) is 3.08. The van der Waals surface area contributed by atoms with Gasteiger partial charge in [-0.05, 0) is 20.3 Å². The van der Waals surface area contributed by atoms with Crippen molar-refractivity contribution < 1.29 is 4.74 Å². The first kappa shape index (κ1) is 14.2. The molecular formula is C12H17N7OS. The Labute approximate surface area is 126 Å². The van der Waals surface area contributed by atoms with E-state index in [4.69, 9.17) is 4.74 Å². The van der Waals surface area contributed by atoms with Gasteiger partial charge in [0.25, 0.3) is 5.95 Å². The second kappa shape index (κ2) is 6.35. The normalized spacial score (nSPS) is 21.6. The molecule has 112 valence electrons. The van der Waals surface area contributed by atoms with Crippen LogP contribution in [-0.4, -0.2) is 54.2 Å². The van der Waals surface area contributed by atoms with Gasteiger partial charge in [0.05, 0.1) is 6.10 Å². The summed E-state index contributed by atoms with van der Waals surface area (Å²) in [6.07, 6.45) is 4.24. The van der Waals surface area contributed by atoms with E-state index in [0.717, 1.165) is 19.6 Å². The van der Waals surface area contributed by atoms with Crippen molar-refractivity contribution in [3.63, 3.8) is 0 Å². The predicted molar refractivity (Wildman–Crippen MR) is 78.6 cm³/mol. The zero-order valence-electron chi connectivity index (χ0n) is 11.9. The number of nitrogens with zero attached hydrogens (tertiary/aromatic N) is 6. The molecule has 2 aromatic heterocycles. The Bertz CT molecular complexity index is 591. The van der Waals surface area contributed by atoms with Gasteiger partial charge in [0.2, 0.25) is 5.95 Å². The third kappa shape index (κ3) is 3.30. The lowest BCUT2D eigenvalue weighted by Gasteiger charge is -2.13. The van der Waals surface area contributed by atoms with Crippen LogP contribution in [0, 0.1) is 0 Å². The maximum Gasteiger partial charge on any atom is 0.257 e. The molecule has 0 amide bonds. The van der Waals surface area contributed by atoms with Crippen molar-refractivity contribution in [3.8, 4) is 5.95 Å². The highest BCUT2D eigenvalue weighted by Gasteiger charge is 2.26. The van der Waals surface area contributed by atoms with Crippen LogP contribution < -0.4 is 5.32 Å². The average molecular weight is 307 g/mol. The van der Waals surface area contributed by atoms with Crippen LogP contribution in [0.2, 0.25) is 0 Å². The molecule has 0 aromatic carbocycles. The van der Waals surface area contributed by atoms with Crippen LogP contribution in [0.15, 0.2) is 17.8 Å². The summed E-state index contributed by atoms with van der Waals surface area (Å²) in [5, 5.41) is 8.23. The number of ether oxygens (including phenoxy) is 1. The van der Waals surface area contributed by atoms with Gasteiger partial charge in [-0.1, -0.05) is 11.8 Å². The number of anilines is 1. The molecule has 3 heterocycles. The molecular weight excluding hydrogens is 290 g/mol. The summed E-state index contributed by atoms with van der Waals surface area (Å²) in [6.45, 7) is 5.61. The van der Waals surface area contributed by atoms with Gasteiger partial charge < -0.3 is 10.1 Å². The summed E-state index contributed by atoms with van der Waals surface area (Å²) in [4.78, 5) is 17.2.